The molecule has 1 N–H and O–H groups in total. The second-order valence-electron chi connectivity index (χ2n) is 6.46. The Morgan fingerprint density at radius 1 is 1.50 bits per heavy atom. The fourth-order valence-corrected chi connectivity index (χ4v) is 2.78. The fourth-order valence-electron chi connectivity index (χ4n) is 2.78. The van der Waals surface area contributed by atoms with Crippen LogP contribution in [0.1, 0.15) is 33.4 Å². The third kappa shape index (κ3) is 3.12. The van der Waals surface area contributed by atoms with Gasteiger partial charge < -0.3 is 5.32 Å². The Morgan fingerprint density at radius 2 is 2.22 bits per heavy atom. The van der Waals surface area contributed by atoms with Crippen LogP contribution in [0, 0.1) is 5.92 Å². The fraction of sp³-hybridized carbons (Fsp3) is 0.786. The van der Waals surface area contributed by atoms with Gasteiger partial charge in [0, 0.05) is 44.5 Å². The zero-order valence-electron chi connectivity index (χ0n) is 12.3. The van der Waals surface area contributed by atoms with Crippen LogP contribution in [0.3, 0.4) is 0 Å². The van der Waals surface area contributed by atoms with Gasteiger partial charge in [0.05, 0.1) is 5.69 Å². The second-order valence-corrected chi connectivity index (χ2v) is 6.46. The minimum atomic E-state index is 0.195. The molecule has 1 aliphatic heterocycles. The second kappa shape index (κ2) is 5.02. The van der Waals surface area contributed by atoms with E-state index in [1.807, 2.05) is 17.9 Å². The van der Waals surface area contributed by atoms with Gasteiger partial charge in [0.2, 0.25) is 0 Å². The minimum absolute atomic E-state index is 0.195. The van der Waals surface area contributed by atoms with E-state index in [0.717, 1.165) is 19.6 Å². The van der Waals surface area contributed by atoms with Crippen molar-refractivity contribution in [1.82, 2.24) is 20.0 Å². The third-order valence-corrected chi connectivity index (χ3v) is 3.76. The van der Waals surface area contributed by atoms with E-state index >= 15 is 0 Å². The Hall–Kier alpha value is -0.870. The maximum Gasteiger partial charge on any atom is 0.0764 e. The molecule has 4 nitrogen and oxygen atoms in total. The van der Waals surface area contributed by atoms with E-state index in [1.54, 1.807) is 0 Å². The predicted octanol–water partition coefficient (Wildman–Crippen LogP) is 1.63. The molecule has 102 valence electrons. The molecular weight excluding hydrogens is 224 g/mol. The van der Waals surface area contributed by atoms with Crippen molar-refractivity contribution in [3.8, 4) is 0 Å². The quantitative estimate of drug-likeness (QED) is 0.885. The summed E-state index contributed by atoms with van der Waals surface area (Å²) in [5.41, 5.74) is 1.36. The van der Waals surface area contributed by atoms with Crippen LogP contribution in [0.25, 0.3) is 0 Å². The zero-order chi connectivity index (χ0) is 13.3. The molecule has 1 aliphatic rings. The molecule has 2 heterocycles. The van der Waals surface area contributed by atoms with E-state index in [2.05, 4.69) is 49.1 Å². The summed E-state index contributed by atoms with van der Waals surface area (Å²) in [4.78, 5) is 2.57. The molecule has 0 radical (unpaired) electrons. The van der Waals surface area contributed by atoms with Crippen LogP contribution in [0.4, 0.5) is 0 Å². The maximum absolute atomic E-state index is 4.50. The molecule has 1 atom stereocenters. The van der Waals surface area contributed by atoms with Gasteiger partial charge in [-0.25, -0.2) is 0 Å². The Labute approximate surface area is 110 Å². The van der Waals surface area contributed by atoms with Gasteiger partial charge in [-0.1, -0.05) is 13.8 Å². The molecule has 0 bridgehead atoms. The van der Waals surface area contributed by atoms with E-state index in [4.69, 9.17) is 0 Å². The summed E-state index contributed by atoms with van der Waals surface area (Å²) in [6.07, 6.45) is 2.02. The molecule has 0 aliphatic carbocycles. The van der Waals surface area contributed by atoms with Crippen LogP contribution in [0.5, 0.6) is 0 Å². The summed E-state index contributed by atoms with van der Waals surface area (Å²) in [7, 11) is 1.98. The van der Waals surface area contributed by atoms with Crippen LogP contribution in [-0.4, -0.2) is 39.4 Å². The highest BCUT2D eigenvalue weighted by Gasteiger charge is 2.34. The highest BCUT2D eigenvalue weighted by atomic mass is 15.3. The first-order chi connectivity index (χ1) is 8.37. The normalized spacial score (nSPS) is 24.7. The number of nitrogens with zero attached hydrogens (tertiary/aromatic N) is 3. The molecule has 1 fully saturated rings. The smallest absolute Gasteiger partial charge is 0.0764 e. The SMILES string of the molecule is CC(C)C1CNC(C)(C)CN1Cc1ccn(C)n1. The van der Waals surface area contributed by atoms with Crippen LogP contribution in [0.2, 0.25) is 0 Å². The molecule has 0 aromatic carbocycles. The first kappa shape index (κ1) is 13.6. The largest absolute Gasteiger partial charge is 0.309 e. The highest BCUT2D eigenvalue weighted by molar-refractivity contribution is 5.02. The molecule has 1 saturated heterocycles. The number of nitrogens with one attached hydrogen (secondary N) is 1. The number of rotatable bonds is 3. The molecule has 1 unspecified atom stereocenters. The number of hydrogen-bond acceptors (Lipinski definition) is 3. The topological polar surface area (TPSA) is 33.1 Å². The van der Waals surface area contributed by atoms with Crippen molar-refractivity contribution in [2.24, 2.45) is 13.0 Å². The molecule has 0 spiro atoms. The Morgan fingerprint density at radius 3 is 2.78 bits per heavy atom. The lowest BCUT2D eigenvalue weighted by Crippen LogP contribution is -2.62. The van der Waals surface area contributed by atoms with Crippen molar-refractivity contribution in [2.75, 3.05) is 13.1 Å². The van der Waals surface area contributed by atoms with Crippen molar-refractivity contribution in [3.05, 3.63) is 18.0 Å². The van der Waals surface area contributed by atoms with Crippen LogP contribution >= 0.6 is 0 Å². The van der Waals surface area contributed by atoms with E-state index in [0.29, 0.717) is 12.0 Å². The van der Waals surface area contributed by atoms with Gasteiger partial charge in [0.1, 0.15) is 0 Å². The summed E-state index contributed by atoms with van der Waals surface area (Å²) in [6.45, 7) is 12.2. The minimum Gasteiger partial charge on any atom is -0.309 e. The van der Waals surface area contributed by atoms with E-state index in [-0.39, 0.29) is 5.54 Å². The lowest BCUT2D eigenvalue weighted by Gasteiger charge is -2.46. The van der Waals surface area contributed by atoms with Gasteiger partial charge in [-0.2, -0.15) is 5.10 Å². The number of aryl methyl sites for hydroxylation is 1. The third-order valence-electron chi connectivity index (χ3n) is 3.76. The first-order valence-electron chi connectivity index (χ1n) is 6.85. The van der Waals surface area contributed by atoms with Gasteiger partial charge in [0.25, 0.3) is 0 Å². The van der Waals surface area contributed by atoms with Crippen molar-refractivity contribution >= 4 is 0 Å². The van der Waals surface area contributed by atoms with Crippen molar-refractivity contribution in [1.29, 1.82) is 0 Å². The van der Waals surface area contributed by atoms with E-state index < -0.39 is 0 Å². The molecule has 0 amide bonds. The molecule has 1 aromatic rings. The lowest BCUT2D eigenvalue weighted by atomic mass is 9.93. The molecule has 0 saturated carbocycles. The zero-order valence-corrected chi connectivity index (χ0v) is 12.3. The van der Waals surface area contributed by atoms with Gasteiger partial charge in [-0.15, -0.1) is 0 Å². The average molecular weight is 250 g/mol. The number of aromatic nitrogens is 2. The van der Waals surface area contributed by atoms with Crippen LogP contribution < -0.4 is 5.32 Å². The molecule has 4 heteroatoms. The average Bonchev–Trinajstić information content (AvgIpc) is 2.62. The Bertz CT molecular complexity index is 394. The predicted molar refractivity (Wildman–Crippen MR) is 74.3 cm³/mol. The first-order valence-corrected chi connectivity index (χ1v) is 6.85. The lowest BCUT2D eigenvalue weighted by molar-refractivity contribution is 0.0615. The molecule has 2 rings (SSSR count). The van der Waals surface area contributed by atoms with Crippen molar-refractivity contribution in [3.63, 3.8) is 0 Å². The van der Waals surface area contributed by atoms with Crippen molar-refractivity contribution in [2.45, 2.75) is 45.8 Å². The monoisotopic (exact) mass is 250 g/mol. The number of piperazine rings is 1. The van der Waals surface area contributed by atoms with Gasteiger partial charge >= 0.3 is 0 Å². The summed E-state index contributed by atoms with van der Waals surface area (Å²) in [6, 6.07) is 2.71. The molecular formula is C14H26N4. The Kier molecular flexibility index (Phi) is 3.78. The molecule has 18 heavy (non-hydrogen) atoms. The van der Waals surface area contributed by atoms with E-state index in [9.17, 15) is 0 Å². The number of hydrogen-bond donors (Lipinski definition) is 1. The van der Waals surface area contributed by atoms with Crippen LogP contribution in [-0.2, 0) is 13.6 Å². The molecule has 1 aromatic heterocycles. The van der Waals surface area contributed by atoms with Crippen molar-refractivity contribution < 1.29 is 0 Å². The Balaban J connectivity index is 2.10. The summed E-state index contributed by atoms with van der Waals surface area (Å²) in [5, 5.41) is 8.14. The maximum atomic E-state index is 4.50. The van der Waals surface area contributed by atoms with E-state index in [1.165, 1.54) is 5.69 Å². The standard InChI is InChI=1S/C14H26N4/c1-11(2)13-8-15-14(3,4)10-18(13)9-12-6-7-17(5)16-12/h6-7,11,13,15H,8-10H2,1-5H3. The summed E-state index contributed by atoms with van der Waals surface area (Å²) < 4.78 is 1.88. The summed E-state index contributed by atoms with van der Waals surface area (Å²) in [5.74, 6) is 0.664. The highest BCUT2D eigenvalue weighted by Crippen LogP contribution is 2.21. The van der Waals surface area contributed by atoms with Gasteiger partial charge in [-0.3, -0.25) is 9.58 Å². The van der Waals surface area contributed by atoms with Crippen LogP contribution in [0.15, 0.2) is 12.3 Å². The van der Waals surface area contributed by atoms with Gasteiger partial charge in [0.15, 0.2) is 0 Å². The van der Waals surface area contributed by atoms with Gasteiger partial charge in [-0.05, 0) is 25.8 Å². The summed E-state index contributed by atoms with van der Waals surface area (Å²) >= 11 is 0.